The molecule has 2 aromatic rings. The van der Waals surface area contributed by atoms with Gasteiger partial charge in [0, 0.05) is 11.4 Å². The van der Waals surface area contributed by atoms with Crippen LogP contribution in [0.1, 0.15) is 22.8 Å². The Hall–Kier alpha value is -2.55. The number of hydrogen-bond acceptors (Lipinski definition) is 3. The second kappa shape index (κ2) is 6.57. The van der Waals surface area contributed by atoms with Crippen LogP contribution in [0.25, 0.3) is 12.2 Å². The number of allylic oxidation sites excluding steroid dienone is 2. The van der Waals surface area contributed by atoms with Gasteiger partial charge in [-0.15, -0.1) is 0 Å². The van der Waals surface area contributed by atoms with Crippen molar-refractivity contribution in [3.05, 3.63) is 71.3 Å². The summed E-state index contributed by atoms with van der Waals surface area (Å²) in [5, 5.41) is 0. The van der Waals surface area contributed by atoms with E-state index in [2.05, 4.69) is 9.97 Å². The summed E-state index contributed by atoms with van der Waals surface area (Å²) >= 11 is 0. The van der Waals surface area contributed by atoms with E-state index < -0.39 is 0 Å². The van der Waals surface area contributed by atoms with Crippen LogP contribution in [-0.4, -0.2) is 15.8 Å². The van der Waals surface area contributed by atoms with Gasteiger partial charge in [0.25, 0.3) is 0 Å². The van der Waals surface area contributed by atoms with E-state index in [4.69, 9.17) is 0 Å². The Kier molecular flexibility index (Phi) is 4.56. The van der Waals surface area contributed by atoms with E-state index in [9.17, 15) is 4.79 Å². The minimum Gasteiger partial charge on any atom is -0.290 e. The van der Waals surface area contributed by atoms with Crippen LogP contribution in [0.15, 0.2) is 48.6 Å². The number of carbonyl (C=O) groups is 1. The molecule has 20 heavy (non-hydrogen) atoms. The average Bonchev–Trinajstić information content (AvgIpc) is 2.43. The maximum atomic E-state index is 11.7. The first-order valence-electron chi connectivity index (χ1n) is 6.41. The highest BCUT2D eigenvalue weighted by Crippen LogP contribution is 2.03. The molecule has 0 fully saturated rings. The van der Waals surface area contributed by atoms with Gasteiger partial charge < -0.3 is 0 Å². The minimum atomic E-state index is -0.0865. The highest BCUT2D eigenvalue weighted by atomic mass is 16.1. The molecule has 0 saturated heterocycles. The predicted molar refractivity (Wildman–Crippen MR) is 81.0 cm³/mol. The molecule has 0 spiro atoms. The lowest BCUT2D eigenvalue weighted by Gasteiger charge is -1.94. The third-order valence-electron chi connectivity index (χ3n) is 2.66. The van der Waals surface area contributed by atoms with Crippen molar-refractivity contribution < 1.29 is 4.79 Å². The van der Waals surface area contributed by atoms with Crippen molar-refractivity contribution >= 4 is 17.9 Å². The summed E-state index contributed by atoms with van der Waals surface area (Å²) in [5.41, 5.74) is 3.42. The first kappa shape index (κ1) is 13.9. The predicted octanol–water partition coefficient (Wildman–Crippen LogP) is 3.39. The summed E-state index contributed by atoms with van der Waals surface area (Å²) in [5.74, 6) is -0.0865. The van der Waals surface area contributed by atoms with Crippen LogP contribution >= 0.6 is 0 Å². The molecule has 0 atom stereocenters. The van der Waals surface area contributed by atoms with Crippen molar-refractivity contribution in [1.82, 2.24) is 9.97 Å². The second-order valence-electron chi connectivity index (χ2n) is 4.48. The van der Waals surface area contributed by atoms with Crippen LogP contribution in [0.3, 0.4) is 0 Å². The zero-order valence-electron chi connectivity index (χ0n) is 11.6. The summed E-state index contributed by atoms with van der Waals surface area (Å²) < 4.78 is 0. The van der Waals surface area contributed by atoms with Crippen molar-refractivity contribution in [3.63, 3.8) is 0 Å². The molecule has 0 radical (unpaired) electrons. The van der Waals surface area contributed by atoms with Gasteiger partial charge in [-0.1, -0.05) is 12.1 Å². The van der Waals surface area contributed by atoms with Gasteiger partial charge in [0.1, 0.15) is 0 Å². The third-order valence-corrected chi connectivity index (χ3v) is 2.66. The number of aromatic nitrogens is 2. The van der Waals surface area contributed by atoms with Crippen molar-refractivity contribution in [1.29, 1.82) is 0 Å². The molecule has 2 heterocycles. The number of nitrogens with zero attached hydrogens (tertiary/aromatic N) is 2. The summed E-state index contributed by atoms with van der Waals surface area (Å²) in [7, 11) is 0. The summed E-state index contributed by atoms with van der Waals surface area (Å²) in [4.78, 5) is 20.3. The van der Waals surface area contributed by atoms with Crippen LogP contribution < -0.4 is 0 Å². The smallest absolute Gasteiger partial charge is 0.178 e. The summed E-state index contributed by atoms with van der Waals surface area (Å²) in [6.45, 7) is 3.84. The van der Waals surface area contributed by atoms with Gasteiger partial charge in [0.15, 0.2) is 5.78 Å². The van der Waals surface area contributed by atoms with Gasteiger partial charge in [0.2, 0.25) is 0 Å². The van der Waals surface area contributed by atoms with Crippen molar-refractivity contribution in [2.24, 2.45) is 0 Å². The fourth-order valence-electron chi connectivity index (χ4n) is 1.70. The van der Waals surface area contributed by atoms with Crippen LogP contribution in [0.2, 0.25) is 0 Å². The van der Waals surface area contributed by atoms with Gasteiger partial charge in [-0.3, -0.25) is 14.8 Å². The molecule has 100 valence electrons. The lowest BCUT2D eigenvalue weighted by atomic mass is 10.2. The van der Waals surface area contributed by atoms with Crippen molar-refractivity contribution in [2.75, 3.05) is 0 Å². The van der Waals surface area contributed by atoms with E-state index in [1.807, 2.05) is 50.2 Å². The van der Waals surface area contributed by atoms with E-state index in [0.29, 0.717) is 0 Å². The van der Waals surface area contributed by atoms with Gasteiger partial charge in [-0.25, -0.2) is 0 Å². The fraction of sp³-hybridized carbons (Fsp3) is 0.118. The Morgan fingerprint density at radius 3 is 1.70 bits per heavy atom. The number of pyridine rings is 2. The zero-order chi connectivity index (χ0) is 14.4. The van der Waals surface area contributed by atoms with Crippen LogP contribution in [0.4, 0.5) is 0 Å². The van der Waals surface area contributed by atoms with E-state index in [1.54, 1.807) is 12.2 Å². The molecule has 0 saturated carbocycles. The lowest BCUT2D eigenvalue weighted by molar-refractivity contribution is -0.110. The van der Waals surface area contributed by atoms with Gasteiger partial charge in [0.05, 0.1) is 11.4 Å². The third kappa shape index (κ3) is 4.28. The lowest BCUT2D eigenvalue weighted by Crippen LogP contribution is -1.89. The molecule has 0 amide bonds. The Balaban J connectivity index is 2.02. The maximum absolute atomic E-state index is 11.7. The number of hydrogen-bond donors (Lipinski definition) is 0. The first-order valence-corrected chi connectivity index (χ1v) is 6.41. The highest BCUT2D eigenvalue weighted by Gasteiger charge is 1.94. The maximum Gasteiger partial charge on any atom is 0.178 e. The Morgan fingerprint density at radius 2 is 1.30 bits per heavy atom. The normalized spacial score (nSPS) is 11.3. The van der Waals surface area contributed by atoms with Gasteiger partial charge in [-0.2, -0.15) is 0 Å². The second-order valence-corrected chi connectivity index (χ2v) is 4.48. The number of carbonyl (C=O) groups excluding carboxylic acids is 1. The molecule has 0 aliphatic carbocycles. The molecule has 0 aliphatic rings. The molecular weight excluding hydrogens is 248 g/mol. The average molecular weight is 264 g/mol. The van der Waals surface area contributed by atoms with Gasteiger partial charge in [-0.05, 0) is 62.4 Å². The SMILES string of the molecule is Cc1cccc(/C=C/C(=O)/C=C/c2cccc(C)n2)n1. The van der Waals surface area contributed by atoms with Crippen molar-refractivity contribution in [3.8, 4) is 0 Å². The molecule has 0 N–H and O–H groups in total. The van der Waals surface area contributed by atoms with Crippen LogP contribution in [-0.2, 0) is 4.79 Å². The largest absolute Gasteiger partial charge is 0.290 e. The quantitative estimate of drug-likeness (QED) is 0.795. The molecule has 0 unspecified atom stereocenters. The number of aryl methyl sites for hydroxylation is 2. The highest BCUT2D eigenvalue weighted by molar-refractivity contribution is 6.04. The molecule has 2 aromatic heterocycles. The minimum absolute atomic E-state index is 0.0865. The molecule has 2 rings (SSSR count). The summed E-state index contributed by atoms with van der Waals surface area (Å²) in [6.07, 6.45) is 6.44. The standard InChI is InChI=1S/C17H16N2O/c1-13-5-3-7-15(18-13)9-11-17(20)12-10-16-8-4-6-14(2)19-16/h3-12H,1-2H3/b11-9+,12-10+. The number of ketones is 1. The van der Waals surface area contributed by atoms with Gasteiger partial charge >= 0.3 is 0 Å². The molecule has 3 heteroatoms. The molecule has 0 aliphatic heterocycles. The fourth-order valence-corrected chi connectivity index (χ4v) is 1.70. The molecule has 0 aromatic carbocycles. The summed E-state index contributed by atoms with van der Waals surface area (Å²) in [6, 6.07) is 11.4. The van der Waals surface area contributed by atoms with E-state index in [-0.39, 0.29) is 5.78 Å². The monoisotopic (exact) mass is 264 g/mol. The Labute approximate surface area is 118 Å². The van der Waals surface area contributed by atoms with E-state index in [1.165, 1.54) is 12.2 Å². The van der Waals surface area contributed by atoms with E-state index >= 15 is 0 Å². The molecule has 3 nitrogen and oxygen atoms in total. The van der Waals surface area contributed by atoms with E-state index in [0.717, 1.165) is 22.8 Å². The Morgan fingerprint density at radius 1 is 0.850 bits per heavy atom. The van der Waals surface area contributed by atoms with Crippen LogP contribution in [0, 0.1) is 13.8 Å². The number of rotatable bonds is 4. The van der Waals surface area contributed by atoms with Crippen LogP contribution in [0.5, 0.6) is 0 Å². The zero-order valence-corrected chi connectivity index (χ0v) is 11.6. The first-order chi connectivity index (χ1) is 9.63. The molecular formula is C17H16N2O. The molecule has 0 bridgehead atoms. The topological polar surface area (TPSA) is 42.9 Å². The van der Waals surface area contributed by atoms with Crippen molar-refractivity contribution in [2.45, 2.75) is 13.8 Å². The Bertz CT molecular complexity index is 615.